The van der Waals surface area contributed by atoms with Gasteiger partial charge < -0.3 is 11.6 Å². The second kappa shape index (κ2) is 3.40. The van der Waals surface area contributed by atoms with Crippen molar-refractivity contribution < 1.29 is 4.39 Å². The van der Waals surface area contributed by atoms with E-state index >= 15 is 0 Å². The van der Waals surface area contributed by atoms with Gasteiger partial charge in [0.2, 0.25) is 0 Å². The molecule has 0 radical (unpaired) electrons. The van der Waals surface area contributed by atoms with Crippen molar-refractivity contribution in [2.45, 2.75) is 0 Å². The second-order valence-corrected chi connectivity index (χ2v) is 2.57. The van der Waals surface area contributed by atoms with E-state index in [0.29, 0.717) is 5.02 Å². The van der Waals surface area contributed by atoms with Crippen LogP contribution in [0.15, 0.2) is 23.3 Å². The highest BCUT2D eigenvalue weighted by Gasteiger charge is 2.05. The molecule has 0 aromatic heterocycles. The molecule has 1 aromatic rings. The molecule has 0 atom stereocenters. The number of hydrazone groups is 1. The third kappa shape index (κ3) is 1.65. The molecule has 0 saturated heterocycles. The molecule has 5 heteroatoms. The van der Waals surface area contributed by atoms with Gasteiger partial charge in [0.1, 0.15) is 5.82 Å². The van der Waals surface area contributed by atoms with Gasteiger partial charge in [0, 0.05) is 5.02 Å². The molecule has 0 amide bonds. The molecule has 0 aliphatic heterocycles. The Morgan fingerprint density at radius 1 is 1.50 bits per heavy atom. The van der Waals surface area contributed by atoms with Gasteiger partial charge in [0.25, 0.3) is 0 Å². The Hall–Kier alpha value is -1.29. The van der Waals surface area contributed by atoms with Crippen molar-refractivity contribution in [3.05, 3.63) is 34.6 Å². The van der Waals surface area contributed by atoms with Crippen LogP contribution >= 0.6 is 11.6 Å². The fourth-order valence-corrected chi connectivity index (χ4v) is 0.926. The molecule has 0 aliphatic carbocycles. The fourth-order valence-electron chi connectivity index (χ4n) is 0.767. The summed E-state index contributed by atoms with van der Waals surface area (Å²) in [5.74, 6) is 4.29. The van der Waals surface area contributed by atoms with E-state index in [1.807, 2.05) is 0 Å². The summed E-state index contributed by atoms with van der Waals surface area (Å²) in [6.07, 6.45) is 0. The van der Waals surface area contributed by atoms with Crippen molar-refractivity contribution in [3.8, 4) is 0 Å². The van der Waals surface area contributed by atoms with Crippen LogP contribution in [0.4, 0.5) is 4.39 Å². The van der Waals surface area contributed by atoms with Gasteiger partial charge in [0.05, 0.1) is 5.56 Å². The Kier molecular flexibility index (Phi) is 2.50. The molecular weight excluding hydrogens is 181 g/mol. The van der Waals surface area contributed by atoms with Gasteiger partial charge >= 0.3 is 0 Å². The van der Waals surface area contributed by atoms with Crippen LogP contribution < -0.4 is 11.6 Å². The Morgan fingerprint density at radius 3 is 2.67 bits per heavy atom. The molecular formula is C7H7ClFN3. The van der Waals surface area contributed by atoms with Crippen LogP contribution in [0.5, 0.6) is 0 Å². The highest BCUT2D eigenvalue weighted by atomic mass is 35.5. The van der Waals surface area contributed by atoms with Crippen LogP contribution in [-0.4, -0.2) is 5.84 Å². The van der Waals surface area contributed by atoms with E-state index in [2.05, 4.69) is 5.10 Å². The molecule has 0 heterocycles. The van der Waals surface area contributed by atoms with Gasteiger partial charge in [-0.3, -0.25) is 0 Å². The van der Waals surface area contributed by atoms with E-state index in [1.54, 1.807) is 0 Å². The molecule has 0 unspecified atom stereocenters. The smallest absolute Gasteiger partial charge is 0.153 e. The summed E-state index contributed by atoms with van der Waals surface area (Å²) in [6, 6.07) is 4.08. The average Bonchev–Trinajstić information content (AvgIpc) is 2.03. The van der Waals surface area contributed by atoms with Crippen LogP contribution in [0, 0.1) is 5.82 Å². The zero-order valence-electron chi connectivity index (χ0n) is 6.09. The largest absolute Gasteiger partial charge is 0.382 e. The number of benzene rings is 1. The third-order valence-electron chi connectivity index (χ3n) is 1.35. The first kappa shape index (κ1) is 8.80. The Morgan fingerprint density at radius 2 is 2.17 bits per heavy atom. The number of amidine groups is 1. The SMILES string of the molecule is N/N=C(\N)c1ccc(Cl)cc1F. The maximum Gasteiger partial charge on any atom is 0.153 e. The highest BCUT2D eigenvalue weighted by molar-refractivity contribution is 6.30. The van der Waals surface area contributed by atoms with E-state index in [-0.39, 0.29) is 11.4 Å². The number of nitrogens with two attached hydrogens (primary N) is 2. The average molecular weight is 188 g/mol. The van der Waals surface area contributed by atoms with Gasteiger partial charge in [-0.15, -0.1) is 0 Å². The summed E-state index contributed by atoms with van der Waals surface area (Å²) < 4.78 is 13.0. The number of hydrogen-bond acceptors (Lipinski definition) is 2. The third-order valence-corrected chi connectivity index (χ3v) is 1.58. The van der Waals surface area contributed by atoms with E-state index < -0.39 is 5.82 Å². The molecule has 1 aromatic carbocycles. The maximum absolute atomic E-state index is 13.0. The molecule has 64 valence electrons. The van der Waals surface area contributed by atoms with Gasteiger partial charge in [-0.25, -0.2) is 4.39 Å². The zero-order chi connectivity index (χ0) is 9.14. The van der Waals surface area contributed by atoms with Crippen LogP contribution in [0.2, 0.25) is 5.02 Å². The summed E-state index contributed by atoms with van der Waals surface area (Å²) in [6.45, 7) is 0. The molecule has 3 nitrogen and oxygen atoms in total. The molecule has 1 rings (SSSR count). The lowest BCUT2D eigenvalue weighted by molar-refractivity contribution is 0.625. The van der Waals surface area contributed by atoms with Crippen molar-refractivity contribution in [2.24, 2.45) is 16.7 Å². The van der Waals surface area contributed by atoms with Crippen LogP contribution in [-0.2, 0) is 0 Å². The van der Waals surface area contributed by atoms with Gasteiger partial charge in [0.15, 0.2) is 5.84 Å². The fraction of sp³-hybridized carbons (Fsp3) is 0. The number of rotatable bonds is 1. The molecule has 0 aliphatic rings. The first-order valence-corrected chi connectivity index (χ1v) is 3.51. The summed E-state index contributed by atoms with van der Waals surface area (Å²) in [5.41, 5.74) is 5.44. The summed E-state index contributed by atoms with van der Waals surface area (Å²) >= 11 is 5.51. The van der Waals surface area contributed by atoms with Crippen molar-refractivity contribution >= 4 is 17.4 Å². The quantitative estimate of drug-likeness (QED) is 0.299. The Labute approximate surface area is 73.8 Å². The lowest BCUT2D eigenvalue weighted by Gasteiger charge is -2.00. The highest BCUT2D eigenvalue weighted by Crippen LogP contribution is 2.13. The minimum Gasteiger partial charge on any atom is -0.382 e. The topological polar surface area (TPSA) is 64.4 Å². The lowest BCUT2D eigenvalue weighted by Crippen LogP contribution is -2.17. The molecule has 12 heavy (non-hydrogen) atoms. The summed E-state index contributed by atoms with van der Waals surface area (Å²) in [4.78, 5) is 0. The number of nitrogens with zero attached hydrogens (tertiary/aromatic N) is 1. The minimum atomic E-state index is -0.533. The predicted octanol–water partition coefficient (Wildman–Crippen LogP) is 1.06. The van der Waals surface area contributed by atoms with Crippen LogP contribution in [0.25, 0.3) is 0 Å². The van der Waals surface area contributed by atoms with Gasteiger partial charge in [-0.05, 0) is 18.2 Å². The number of hydrogen-bond donors (Lipinski definition) is 2. The minimum absolute atomic E-state index is 0.0517. The zero-order valence-corrected chi connectivity index (χ0v) is 6.85. The van der Waals surface area contributed by atoms with Gasteiger partial charge in [-0.1, -0.05) is 11.6 Å². The van der Waals surface area contributed by atoms with Gasteiger partial charge in [-0.2, -0.15) is 5.10 Å². The molecule has 0 saturated carbocycles. The predicted molar refractivity (Wildman–Crippen MR) is 46.3 cm³/mol. The van der Waals surface area contributed by atoms with Crippen molar-refractivity contribution in [1.29, 1.82) is 0 Å². The number of halogens is 2. The summed E-state index contributed by atoms with van der Waals surface area (Å²) in [5, 5.41) is 3.47. The maximum atomic E-state index is 13.0. The Balaban J connectivity index is 3.18. The first-order valence-electron chi connectivity index (χ1n) is 3.14. The van der Waals surface area contributed by atoms with E-state index in [4.69, 9.17) is 23.2 Å². The van der Waals surface area contributed by atoms with E-state index in [1.165, 1.54) is 12.1 Å². The molecule has 0 spiro atoms. The van der Waals surface area contributed by atoms with Crippen molar-refractivity contribution in [1.82, 2.24) is 0 Å². The van der Waals surface area contributed by atoms with Crippen molar-refractivity contribution in [3.63, 3.8) is 0 Å². The Bertz CT molecular complexity index is 324. The summed E-state index contributed by atoms with van der Waals surface area (Å²) in [7, 11) is 0. The lowest BCUT2D eigenvalue weighted by atomic mass is 10.2. The van der Waals surface area contributed by atoms with Crippen molar-refractivity contribution in [2.75, 3.05) is 0 Å². The normalized spacial score (nSPS) is 11.7. The molecule has 4 N–H and O–H groups in total. The molecule has 0 bridgehead atoms. The standard InChI is InChI=1S/C7H7ClFN3/c8-4-1-2-5(6(9)3-4)7(10)12-11/h1-3H,11H2,(H2,10,12). The van der Waals surface area contributed by atoms with E-state index in [9.17, 15) is 4.39 Å². The van der Waals surface area contributed by atoms with Crippen LogP contribution in [0.3, 0.4) is 0 Å². The first-order chi connectivity index (χ1) is 5.65. The monoisotopic (exact) mass is 187 g/mol. The molecule has 0 fully saturated rings. The second-order valence-electron chi connectivity index (χ2n) is 2.14. The van der Waals surface area contributed by atoms with E-state index in [0.717, 1.165) is 6.07 Å². The van der Waals surface area contributed by atoms with Crippen LogP contribution in [0.1, 0.15) is 5.56 Å².